The van der Waals surface area contributed by atoms with Crippen molar-refractivity contribution < 1.29 is 4.42 Å². The van der Waals surface area contributed by atoms with E-state index >= 15 is 0 Å². The molecule has 0 radical (unpaired) electrons. The second-order valence-corrected chi connectivity index (χ2v) is 6.28. The number of hydrogen-bond donors (Lipinski definition) is 1. The van der Waals surface area contributed by atoms with Gasteiger partial charge in [-0.25, -0.2) is 0 Å². The molecule has 0 amide bonds. The van der Waals surface area contributed by atoms with Crippen molar-refractivity contribution in [1.82, 2.24) is 15.5 Å². The third-order valence-electron chi connectivity index (χ3n) is 3.08. The lowest BCUT2D eigenvalue weighted by molar-refractivity contribution is 0.398. The zero-order valence-corrected chi connectivity index (χ0v) is 11.5. The maximum atomic E-state index is 5.77. The van der Waals surface area contributed by atoms with Crippen molar-refractivity contribution in [2.45, 2.75) is 44.3 Å². The Bertz CT molecular complexity index is 347. The number of nitrogens with zero attached hydrogens (tertiary/aromatic N) is 2. The molecule has 0 aliphatic carbocycles. The average molecular weight is 255 g/mol. The van der Waals surface area contributed by atoms with Crippen LogP contribution in [0.15, 0.2) is 4.42 Å². The molecule has 5 heteroatoms. The predicted octanol–water partition coefficient (Wildman–Crippen LogP) is 2.35. The van der Waals surface area contributed by atoms with Gasteiger partial charge in [-0.2, -0.15) is 0 Å². The third-order valence-corrected chi connectivity index (χ3v) is 4.59. The molecular formula is C12H21N3OS. The van der Waals surface area contributed by atoms with Gasteiger partial charge in [-0.1, -0.05) is 6.92 Å². The third kappa shape index (κ3) is 3.22. The van der Waals surface area contributed by atoms with E-state index in [1.54, 1.807) is 0 Å². The average Bonchev–Trinajstić information content (AvgIpc) is 2.94. The van der Waals surface area contributed by atoms with Crippen molar-refractivity contribution in [2.75, 3.05) is 18.8 Å². The van der Waals surface area contributed by atoms with E-state index in [0.29, 0.717) is 0 Å². The molecule has 0 bridgehead atoms. The summed E-state index contributed by atoms with van der Waals surface area (Å²) in [6, 6.07) is 0. The largest absolute Gasteiger partial charge is 0.424 e. The quantitative estimate of drug-likeness (QED) is 0.791. The fraction of sp³-hybridized carbons (Fsp3) is 0.833. The highest BCUT2D eigenvalue weighted by Gasteiger charge is 2.36. The molecule has 1 unspecified atom stereocenters. The molecule has 1 N–H and O–H groups in total. The first-order valence-electron chi connectivity index (χ1n) is 6.42. The lowest BCUT2D eigenvalue weighted by Crippen LogP contribution is -2.17. The number of nitrogens with one attached hydrogen (secondary N) is 1. The van der Waals surface area contributed by atoms with Crippen LogP contribution in [0, 0.1) is 0 Å². The summed E-state index contributed by atoms with van der Waals surface area (Å²) in [6.07, 6.45) is 4.38. The van der Waals surface area contributed by atoms with E-state index in [-0.39, 0.29) is 4.75 Å². The summed E-state index contributed by atoms with van der Waals surface area (Å²) in [4.78, 5) is 0. The molecule has 1 fully saturated rings. The first kappa shape index (κ1) is 12.9. The van der Waals surface area contributed by atoms with Crippen LogP contribution in [-0.4, -0.2) is 29.0 Å². The number of aromatic nitrogens is 2. The fourth-order valence-corrected chi connectivity index (χ4v) is 3.25. The second-order valence-electron chi connectivity index (χ2n) is 4.68. The lowest BCUT2D eigenvalue weighted by atomic mass is 10.1. The molecule has 4 nitrogen and oxygen atoms in total. The van der Waals surface area contributed by atoms with Gasteiger partial charge in [-0.3, -0.25) is 0 Å². The molecule has 1 atom stereocenters. The minimum atomic E-state index is 0.0576. The molecular weight excluding hydrogens is 234 g/mol. The van der Waals surface area contributed by atoms with Gasteiger partial charge >= 0.3 is 0 Å². The van der Waals surface area contributed by atoms with E-state index < -0.39 is 0 Å². The van der Waals surface area contributed by atoms with E-state index in [9.17, 15) is 0 Å². The van der Waals surface area contributed by atoms with E-state index in [4.69, 9.17) is 4.42 Å². The van der Waals surface area contributed by atoms with Crippen LogP contribution in [0.4, 0.5) is 0 Å². The maximum absolute atomic E-state index is 5.77. The Balaban J connectivity index is 1.87. The smallest absolute Gasteiger partial charge is 0.232 e. The van der Waals surface area contributed by atoms with Crippen LogP contribution in [0.3, 0.4) is 0 Å². The van der Waals surface area contributed by atoms with Gasteiger partial charge in [0, 0.05) is 13.0 Å². The standard InChI is InChI=1S/C12H21N3OS/c1-3-7-13-8-5-10-14-15-11(16-10)12(2)6-4-9-17-12/h13H,3-9H2,1-2H3. The van der Waals surface area contributed by atoms with Crippen molar-refractivity contribution in [3.05, 3.63) is 11.8 Å². The first-order chi connectivity index (χ1) is 8.24. The van der Waals surface area contributed by atoms with Crippen LogP contribution >= 0.6 is 11.8 Å². The van der Waals surface area contributed by atoms with E-state index in [2.05, 4.69) is 29.4 Å². The highest BCUT2D eigenvalue weighted by Crippen LogP contribution is 2.45. The van der Waals surface area contributed by atoms with Crippen molar-refractivity contribution >= 4 is 11.8 Å². The molecule has 1 aromatic heterocycles. The van der Waals surface area contributed by atoms with Crippen molar-refractivity contribution in [3.8, 4) is 0 Å². The molecule has 2 rings (SSSR count). The Hall–Kier alpha value is -0.550. The normalized spacial score (nSPS) is 24.4. The predicted molar refractivity (Wildman–Crippen MR) is 70.2 cm³/mol. The van der Waals surface area contributed by atoms with Gasteiger partial charge in [-0.15, -0.1) is 22.0 Å². The summed E-state index contributed by atoms with van der Waals surface area (Å²) in [7, 11) is 0. The Morgan fingerprint density at radius 3 is 3.00 bits per heavy atom. The van der Waals surface area contributed by atoms with Crippen molar-refractivity contribution in [2.24, 2.45) is 0 Å². The van der Waals surface area contributed by atoms with Gasteiger partial charge in [0.15, 0.2) is 0 Å². The van der Waals surface area contributed by atoms with Crippen LogP contribution < -0.4 is 5.32 Å². The van der Waals surface area contributed by atoms with Gasteiger partial charge in [0.25, 0.3) is 0 Å². The monoisotopic (exact) mass is 255 g/mol. The lowest BCUT2D eigenvalue weighted by Gasteiger charge is -2.16. The molecule has 17 heavy (non-hydrogen) atoms. The van der Waals surface area contributed by atoms with Gasteiger partial charge in [-0.05, 0) is 38.5 Å². The zero-order valence-electron chi connectivity index (χ0n) is 10.7. The fourth-order valence-electron chi connectivity index (χ4n) is 2.01. The second kappa shape index (κ2) is 5.87. The Morgan fingerprint density at radius 2 is 2.29 bits per heavy atom. The molecule has 2 heterocycles. The Morgan fingerprint density at radius 1 is 1.41 bits per heavy atom. The van der Waals surface area contributed by atoms with Crippen LogP contribution in [0.5, 0.6) is 0 Å². The minimum absolute atomic E-state index is 0.0576. The van der Waals surface area contributed by atoms with Crippen LogP contribution in [0.25, 0.3) is 0 Å². The summed E-state index contributed by atoms with van der Waals surface area (Å²) in [6.45, 7) is 6.33. The highest BCUT2D eigenvalue weighted by molar-refractivity contribution is 8.00. The minimum Gasteiger partial charge on any atom is -0.424 e. The van der Waals surface area contributed by atoms with Crippen LogP contribution in [0.2, 0.25) is 0 Å². The molecule has 1 aliphatic heterocycles. The molecule has 1 aromatic rings. The molecule has 96 valence electrons. The molecule has 0 aromatic carbocycles. The van der Waals surface area contributed by atoms with E-state index in [0.717, 1.165) is 44.1 Å². The SMILES string of the molecule is CCCNCCc1nnc(C2(C)CCCS2)o1. The number of hydrogen-bond acceptors (Lipinski definition) is 5. The maximum Gasteiger partial charge on any atom is 0.232 e. The summed E-state index contributed by atoms with van der Waals surface area (Å²) in [5, 5.41) is 11.7. The van der Waals surface area contributed by atoms with Crippen molar-refractivity contribution in [3.63, 3.8) is 0 Å². The van der Waals surface area contributed by atoms with Crippen molar-refractivity contribution in [1.29, 1.82) is 0 Å². The first-order valence-corrected chi connectivity index (χ1v) is 7.41. The number of thioether (sulfide) groups is 1. The van der Waals surface area contributed by atoms with Gasteiger partial charge in [0.1, 0.15) is 0 Å². The van der Waals surface area contributed by atoms with Crippen LogP contribution in [0.1, 0.15) is 44.9 Å². The molecule has 0 saturated carbocycles. The van der Waals surface area contributed by atoms with Crippen LogP contribution in [-0.2, 0) is 11.2 Å². The highest BCUT2D eigenvalue weighted by atomic mass is 32.2. The summed E-state index contributed by atoms with van der Waals surface area (Å²) in [5.74, 6) is 2.77. The van der Waals surface area contributed by atoms with Gasteiger partial charge in [0.05, 0.1) is 4.75 Å². The van der Waals surface area contributed by atoms with E-state index in [1.165, 1.54) is 12.2 Å². The summed E-state index contributed by atoms with van der Waals surface area (Å²) in [5.41, 5.74) is 0. The molecule has 0 spiro atoms. The Labute approximate surface area is 107 Å². The summed E-state index contributed by atoms with van der Waals surface area (Å²) < 4.78 is 5.83. The number of rotatable bonds is 6. The van der Waals surface area contributed by atoms with E-state index in [1.807, 2.05) is 11.8 Å². The summed E-state index contributed by atoms with van der Waals surface area (Å²) >= 11 is 1.93. The zero-order chi connectivity index (χ0) is 12.1. The topological polar surface area (TPSA) is 51.0 Å². The Kier molecular flexibility index (Phi) is 4.45. The molecule has 1 saturated heterocycles. The van der Waals surface area contributed by atoms with Gasteiger partial charge < -0.3 is 9.73 Å². The molecule has 1 aliphatic rings. The van der Waals surface area contributed by atoms with Gasteiger partial charge in [0.2, 0.25) is 11.8 Å².